The van der Waals surface area contributed by atoms with Crippen molar-refractivity contribution in [2.24, 2.45) is 5.92 Å². The lowest BCUT2D eigenvalue weighted by molar-refractivity contribution is 0.0934. The minimum atomic E-state index is -0.489. The first-order valence-electron chi connectivity index (χ1n) is 6.41. The molecule has 0 saturated carbocycles. The van der Waals surface area contributed by atoms with Crippen LogP contribution < -0.4 is 5.32 Å². The van der Waals surface area contributed by atoms with Crippen molar-refractivity contribution < 1.29 is 9.50 Å². The molecule has 2 atom stereocenters. The number of aromatic amines is 1. The van der Waals surface area contributed by atoms with Crippen LogP contribution in [0.2, 0.25) is 0 Å². The molecule has 1 aromatic heterocycles. The second kappa shape index (κ2) is 4.71. The second-order valence-electron chi connectivity index (χ2n) is 4.99. The van der Waals surface area contributed by atoms with Crippen LogP contribution in [0.15, 0.2) is 24.4 Å². The minimum Gasteiger partial charge on any atom is -0.388 e. The number of aliphatic hydroxyl groups is 1. The Hall–Kier alpha value is -1.39. The van der Waals surface area contributed by atoms with Crippen molar-refractivity contribution in [1.82, 2.24) is 10.3 Å². The van der Waals surface area contributed by atoms with E-state index in [0.29, 0.717) is 0 Å². The van der Waals surface area contributed by atoms with Gasteiger partial charge in [-0.15, -0.1) is 0 Å². The van der Waals surface area contributed by atoms with Gasteiger partial charge in [0.05, 0.1) is 6.10 Å². The first-order valence-corrected chi connectivity index (χ1v) is 6.41. The number of hydrogen-bond acceptors (Lipinski definition) is 2. The van der Waals surface area contributed by atoms with Gasteiger partial charge in [0, 0.05) is 35.1 Å². The number of nitrogens with one attached hydrogen (secondary N) is 2. The Morgan fingerprint density at radius 3 is 3.06 bits per heavy atom. The second-order valence-corrected chi connectivity index (χ2v) is 4.99. The van der Waals surface area contributed by atoms with E-state index >= 15 is 0 Å². The Bertz CT molecular complexity index is 546. The fraction of sp³-hybridized carbons (Fsp3) is 0.429. The van der Waals surface area contributed by atoms with Crippen LogP contribution in [0.1, 0.15) is 24.5 Å². The first-order chi connectivity index (χ1) is 8.75. The third-order valence-corrected chi connectivity index (χ3v) is 3.78. The van der Waals surface area contributed by atoms with Crippen LogP contribution in [0.4, 0.5) is 4.39 Å². The summed E-state index contributed by atoms with van der Waals surface area (Å²) in [7, 11) is 0. The lowest BCUT2D eigenvalue weighted by Crippen LogP contribution is -2.33. The summed E-state index contributed by atoms with van der Waals surface area (Å²) in [6.07, 6.45) is 3.43. The highest BCUT2D eigenvalue weighted by atomic mass is 19.1. The summed E-state index contributed by atoms with van der Waals surface area (Å²) in [5, 5.41) is 14.7. The van der Waals surface area contributed by atoms with E-state index in [1.54, 1.807) is 12.3 Å². The summed E-state index contributed by atoms with van der Waals surface area (Å²) < 4.78 is 13.1. The molecule has 0 bridgehead atoms. The number of aliphatic hydroxyl groups excluding tert-OH is 1. The highest BCUT2D eigenvalue weighted by molar-refractivity contribution is 5.83. The van der Waals surface area contributed by atoms with Gasteiger partial charge in [-0.3, -0.25) is 0 Å². The summed E-state index contributed by atoms with van der Waals surface area (Å²) in [4.78, 5) is 3.03. The molecule has 2 aromatic rings. The van der Waals surface area contributed by atoms with Crippen molar-refractivity contribution in [1.29, 1.82) is 0 Å². The van der Waals surface area contributed by atoms with Gasteiger partial charge in [-0.2, -0.15) is 0 Å². The van der Waals surface area contributed by atoms with Crippen molar-refractivity contribution in [2.75, 3.05) is 13.1 Å². The van der Waals surface area contributed by atoms with Crippen LogP contribution in [0.3, 0.4) is 0 Å². The van der Waals surface area contributed by atoms with Gasteiger partial charge >= 0.3 is 0 Å². The molecule has 0 spiro atoms. The third kappa shape index (κ3) is 2.02. The fourth-order valence-corrected chi connectivity index (χ4v) is 2.77. The predicted octanol–water partition coefficient (Wildman–Crippen LogP) is 2.34. The smallest absolute Gasteiger partial charge is 0.125 e. The Labute approximate surface area is 105 Å². The maximum Gasteiger partial charge on any atom is 0.125 e. The minimum absolute atomic E-state index is 0.239. The van der Waals surface area contributed by atoms with Crippen LogP contribution in [0.25, 0.3) is 10.9 Å². The Balaban J connectivity index is 1.93. The van der Waals surface area contributed by atoms with Crippen molar-refractivity contribution in [2.45, 2.75) is 18.9 Å². The van der Waals surface area contributed by atoms with Crippen molar-refractivity contribution in [3.8, 4) is 0 Å². The third-order valence-electron chi connectivity index (χ3n) is 3.78. The predicted molar refractivity (Wildman–Crippen MR) is 68.8 cm³/mol. The van der Waals surface area contributed by atoms with E-state index in [9.17, 15) is 9.50 Å². The summed E-state index contributed by atoms with van der Waals surface area (Å²) in [5.74, 6) is -0.0208. The number of halogens is 1. The van der Waals surface area contributed by atoms with Crippen molar-refractivity contribution in [3.05, 3.63) is 35.8 Å². The maximum atomic E-state index is 13.1. The van der Waals surface area contributed by atoms with Gasteiger partial charge in [-0.1, -0.05) is 0 Å². The van der Waals surface area contributed by atoms with E-state index in [4.69, 9.17) is 0 Å². The zero-order valence-corrected chi connectivity index (χ0v) is 10.1. The van der Waals surface area contributed by atoms with Gasteiger partial charge in [0.15, 0.2) is 0 Å². The number of benzene rings is 1. The van der Waals surface area contributed by atoms with Gasteiger partial charge in [-0.25, -0.2) is 4.39 Å². The van der Waals surface area contributed by atoms with E-state index in [1.165, 1.54) is 12.1 Å². The molecule has 1 aliphatic heterocycles. The fourth-order valence-electron chi connectivity index (χ4n) is 2.77. The highest BCUT2D eigenvalue weighted by Gasteiger charge is 2.24. The van der Waals surface area contributed by atoms with Gasteiger partial charge < -0.3 is 15.4 Å². The monoisotopic (exact) mass is 248 g/mol. The van der Waals surface area contributed by atoms with Crippen molar-refractivity contribution >= 4 is 10.9 Å². The molecule has 1 saturated heterocycles. The number of H-pyrrole nitrogens is 1. The molecule has 3 rings (SSSR count). The largest absolute Gasteiger partial charge is 0.388 e. The maximum absolute atomic E-state index is 13.1. The van der Waals surface area contributed by atoms with Gasteiger partial charge in [0.1, 0.15) is 5.82 Å². The molecular formula is C14H17FN2O. The summed E-state index contributed by atoms with van der Waals surface area (Å²) in [6, 6.07) is 4.63. The topological polar surface area (TPSA) is 48.0 Å². The molecule has 1 aliphatic rings. The molecule has 0 radical (unpaired) electrons. The summed E-state index contributed by atoms with van der Waals surface area (Å²) in [5.41, 5.74) is 1.62. The summed E-state index contributed by atoms with van der Waals surface area (Å²) in [6.45, 7) is 1.87. The molecule has 3 N–H and O–H groups in total. The molecule has 4 heteroatoms. The molecule has 2 heterocycles. The van der Waals surface area contributed by atoms with E-state index in [2.05, 4.69) is 10.3 Å². The highest BCUT2D eigenvalue weighted by Crippen LogP contribution is 2.32. The average Bonchev–Trinajstić information content (AvgIpc) is 2.81. The number of hydrogen-bond donors (Lipinski definition) is 3. The number of fused-ring (bicyclic) bond motifs is 1. The van der Waals surface area contributed by atoms with Crippen molar-refractivity contribution in [3.63, 3.8) is 0 Å². The van der Waals surface area contributed by atoms with Crippen LogP contribution >= 0.6 is 0 Å². The van der Waals surface area contributed by atoms with E-state index in [-0.39, 0.29) is 11.7 Å². The SMILES string of the molecule is OC(c1c[nH]c2cc(F)ccc12)C1CCCNC1. The Morgan fingerprint density at radius 2 is 2.28 bits per heavy atom. The first kappa shape index (κ1) is 11.7. The van der Waals surface area contributed by atoms with E-state index in [0.717, 1.165) is 42.4 Å². The van der Waals surface area contributed by atoms with Crippen LogP contribution in [0, 0.1) is 11.7 Å². The normalized spacial score (nSPS) is 22.2. The molecule has 3 nitrogen and oxygen atoms in total. The molecule has 18 heavy (non-hydrogen) atoms. The molecule has 0 aliphatic carbocycles. The molecule has 1 fully saturated rings. The standard InChI is InChI=1S/C14H17FN2O/c15-10-3-4-11-12(8-17-13(11)6-10)14(18)9-2-1-5-16-7-9/h3-4,6,8-9,14,16-18H,1-2,5,7H2. The quantitative estimate of drug-likeness (QED) is 0.764. The zero-order valence-electron chi connectivity index (χ0n) is 10.1. The molecule has 2 unspecified atom stereocenters. The number of rotatable bonds is 2. The zero-order chi connectivity index (χ0) is 12.5. The van der Waals surface area contributed by atoms with Crippen LogP contribution in [-0.2, 0) is 0 Å². The van der Waals surface area contributed by atoms with E-state index in [1.807, 2.05) is 0 Å². The molecule has 1 aromatic carbocycles. The van der Waals surface area contributed by atoms with Crippen LogP contribution in [-0.4, -0.2) is 23.2 Å². The van der Waals surface area contributed by atoms with Crippen LogP contribution in [0.5, 0.6) is 0 Å². The average molecular weight is 248 g/mol. The summed E-state index contributed by atoms with van der Waals surface area (Å²) >= 11 is 0. The van der Waals surface area contributed by atoms with Gasteiger partial charge in [0.2, 0.25) is 0 Å². The van der Waals surface area contributed by atoms with Gasteiger partial charge in [0.25, 0.3) is 0 Å². The number of piperidine rings is 1. The lowest BCUT2D eigenvalue weighted by atomic mass is 9.89. The Morgan fingerprint density at radius 1 is 1.39 bits per heavy atom. The molecule has 96 valence electrons. The number of aromatic nitrogens is 1. The Kier molecular flexibility index (Phi) is 3.06. The van der Waals surface area contributed by atoms with E-state index < -0.39 is 6.10 Å². The molecule has 0 amide bonds. The van der Waals surface area contributed by atoms with Gasteiger partial charge in [-0.05, 0) is 37.6 Å². The molecular weight excluding hydrogens is 231 g/mol. The lowest BCUT2D eigenvalue weighted by Gasteiger charge is -2.27.